The van der Waals surface area contributed by atoms with Crippen LogP contribution >= 0.6 is 23.2 Å². The molecule has 0 aliphatic heterocycles. The zero-order valence-electron chi connectivity index (χ0n) is 13.4. The molecule has 0 spiro atoms. The van der Waals surface area contributed by atoms with Crippen LogP contribution in [0.15, 0.2) is 24.3 Å². The molecule has 0 heterocycles. The Bertz CT molecular complexity index is 279. The molecule has 0 fully saturated rings. The minimum Gasteiger partial charge on any atom is -0.399 e. The fourth-order valence-corrected chi connectivity index (χ4v) is 0.676. The van der Waals surface area contributed by atoms with Crippen LogP contribution in [-0.2, 0) is 20.4 Å². The summed E-state index contributed by atoms with van der Waals surface area (Å²) in [6, 6.07) is 10.8. The fourth-order valence-electron chi connectivity index (χ4n) is 0.676. The Morgan fingerprint density at radius 1 is 1.00 bits per heavy atom. The summed E-state index contributed by atoms with van der Waals surface area (Å²) in [6.45, 7) is 10.0. The largest absolute Gasteiger partial charge is 0.399 e. The number of hydrogen-bond acceptors (Lipinski definition) is 1. The molecule has 0 bridgehead atoms. The summed E-state index contributed by atoms with van der Waals surface area (Å²) in [5.41, 5.74) is 1.22. The minimum absolute atomic E-state index is 0. The SMILES string of the molecule is CN(C)c1cc[c-]cc1.C[C-](C)C.C[C-](C)C(Cl)Cl.[Pd]. The van der Waals surface area contributed by atoms with Crippen molar-refractivity contribution in [2.45, 2.75) is 39.5 Å². The van der Waals surface area contributed by atoms with Crippen molar-refractivity contribution in [1.82, 2.24) is 0 Å². The Morgan fingerprint density at radius 2 is 1.30 bits per heavy atom. The third-order valence-corrected chi connectivity index (χ3v) is 2.53. The number of nitrogens with zero attached hydrogens (tertiary/aromatic N) is 1. The van der Waals surface area contributed by atoms with Gasteiger partial charge in [0, 0.05) is 34.5 Å². The summed E-state index contributed by atoms with van der Waals surface area (Å²) >= 11 is 10.7. The van der Waals surface area contributed by atoms with Crippen molar-refractivity contribution in [2.75, 3.05) is 19.0 Å². The first kappa shape index (κ1) is 25.2. The van der Waals surface area contributed by atoms with Gasteiger partial charge in [0.05, 0.1) is 0 Å². The van der Waals surface area contributed by atoms with Crippen LogP contribution in [0.1, 0.15) is 34.6 Å². The molecule has 1 aromatic carbocycles. The van der Waals surface area contributed by atoms with Crippen LogP contribution < -0.4 is 4.90 Å². The van der Waals surface area contributed by atoms with E-state index in [4.69, 9.17) is 23.2 Å². The van der Waals surface area contributed by atoms with Gasteiger partial charge in [0.25, 0.3) is 0 Å². The summed E-state index contributed by atoms with van der Waals surface area (Å²) in [4.78, 5) is 1.78. The van der Waals surface area contributed by atoms with Crippen molar-refractivity contribution in [3.8, 4) is 0 Å². The molecule has 0 saturated heterocycles. The van der Waals surface area contributed by atoms with E-state index in [1.807, 2.05) is 52.2 Å². The van der Waals surface area contributed by atoms with Gasteiger partial charge in [-0.25, -0.2) is 0 Å². The van der Waals surface area contributed by atoms with Gasteiger partial charge >= 0.3 is 0 Å². The Labute approximate surface area is 149 Å². The van der Waals surface area contributed by atoms with Gasteiger partial charge in [-0.2, -0.15) is 52.8 Å². The van der Waals surface area contributed by atoms with E-state index in [0.717, 1.165) is 5.92 Å². The molecule has 122 valence electrons. The third-order valence-electron chi connectivity index (χ3n) is 1.65. The second kappa shape index (κ2) is 15.6. The van der Waals surface area contributed by atoms with Gasteiger partial charge in [0.15, 0.2) is 0 Å². The zero-order valence-corrected chi connectivity index (χ0v) is 16.5. The van der Waals surface area contributed by atoms with Crippen LogP contribution in [0, 0.1) is 17.9 Å². The van der Waals surface area contributed by atoms with E-state index in [0.29, 0.717) is 0 Å². The molecule has 1 nitrogen and oxygen atoms in total. The Kier molecular flexibility index (Phi) is 19.7. The Hall–Kier alpha value is 0.262. The fraction of sp³-hybridized carbons (Fsp3) is 0.500. The molecule has 0 atom stereocenters. The molecule has 0 unspecified atom stereocenters. The van der Waals surface area contributed by atoms with E-state index in [1.54, 1.807) is 0 Å². The van der Waals surface area contributed by atoms with Crippen molar-refractivity contribution in [2.24, 2.45) is 0 Å². The molecule has 0 amide bonds. The topological polar surface area (TPSA) is 3.24 Å². The normalized spacial score (nSPS) is 9.20. The van der Waals surface area contributed by atoms with Crippen molar-refractivity contribution in [3.63, 3.8) is 0 Å². The average Bonchev–Trinajstić information content (AvgIpc) is 2.30. The maximum Gasteiger partial charge on any atom is 0.00397 e. The van der Waals surface area contributed by atoms with Crippen molar-refractivity contribution < 1.29 is 20.4 Å². The number of halogens is 2. The molecule has 4 heteroatoms. The number of anilines is 1. The van der Waals surface area contributed by atoms with Crippen LogP contribution in [0.4, 0.5) is 5.69 Å². The van der Waals surface area contributed by atoms with E-state index >= 15 is 0 Å². The van der Waals surface area contributed by atoms with Crippen molar-refractivity contribution >= 4 is 28.9 Å². The van der Waals surface area contributed by atoms with E-state index in [2.05, 4.69) is 31.7 Å². The van der Waals surface area contributed by atoms with Crippen LogP contribution in [-0.4, -0.2) is 18.9 Å². The van der Waals surface area contributed by atoms with E-state index in [-0.39, 0.29) is 25.3 Å². The number of rotatable bonds is 2. The van der Waals surface area contributed by atoms with Gasteiger partial charge in [0.2, 0.25) is 0 Å². The Morgan fingerprint density at radius 3 is 1.45 bits per heavy atom. The van der Waals surface area contributed by atoms with Crippen molar-refractivity contribution in [3.05, 3.63) is 42.2 Å². The monoisotopic (exact) mass is 408 g/mol. The summed E-state index contributed by atoms with van der Waals surface area (Å²) in [6.07, 6.45) is 0. The molecular formula is C16H26Cl2NPd-3. The maximum absolute atomic E-state index is 5.34. The van der Waals surface area contributed by atoms with E-state index in [9.17, 15) is 0 Å². The summed E-state index contributed by atoms with van der Waals surface area (Å²) in [7, 11) is 4.05. The van der Waals surface area contributed by atoms with E-state index < -0.39 is 0 Å². The number of hydrogen-bond donors (Lipinski definition) is 0. The van der Waals surface area contributed by atoms with Crippen molar-refractivity contribution in [1.29, 1.82) is 0 Å². The minimum atomic E-state index is -0.287. The van der Waals surface area contributed by atoms with Gasteiger partial charge in [-0.3, -0.25) is 5.92 Å². The van der Waals surface area contributed by atoms with E-state index in [1.165, 1.54) is 11.6 Å². The zero-order chi connectivity index (χ0) is 15.4. The predicted molar refractivity (Wildman–Crippen MR) is 90.0 cm³/mol. The smallest absolute Gasteiger partial charge is 0.00397 e. The first-order valence-corrected chi connectivity index (χ1v) is 7.04. The first-order valence-electron chi connectivity index (χ1n) is 6.16. The average molecular weight is 410 g/mol. The number of benzene rings is 1. The van der Waals surface area contributed by atoms with Crippen LogP contribution in [0.3, 0.4) is 0 Å². The second-order valence-corrected chi connectivity index (χ2v) is 6.13. The molecule has 0 aliphatic rings. The van der Waals surface area contributed by atoms with Gasteiger partial charge in [0.1, 0.15) is 0 Å². The van der Waals surface area contributed by atoms with Gasteiger partial charge < -0.3 is 10.8 Å². The summed E-state index contributed by atoms with van der Waals surface area (Å²) in [5.74, 6) is 2.46. The third kappa shape index (κ3) is 20.6. The Balaban J connectivity index is -0.000000232. The molecule has 0 aliphatic carbocycles. The molecule has 0 aromatic heterocycles. The molecule has 0 radical (unpaired) electrons. The molecule has 0 saturated carbocycles. The summed E-state index contributed by atoms with van der Waals surface area (Å²) in [5, 5.41) is 0. The van der Waals surface area contributed by atoms with Gasteiger partial charge in [-0.05, 0) is 4.84 Å². The van der Waals surface area contributed by atoms with Crippen LogP contribution in [0.25, 0.3) is 0 Å². The quantitative estimate of drug-likeness (QED) is 0.350. The molecular weight excluding hydrogens is 384 g/mol. The predicted octanol–water partition coefficient (Wildman–Crippen LogP) is 5.58. The maximum atomic E-state index is 5.34. The van der Waals surface area contributed by atoms with Gasteiger partial charge in [-0.1, -0.05) is 5.69 Å². The standard InChI is InChI=1S/C8H10N.C4H7Cl2.C4H9.Pd/c1-9(2)8-6-4-3-5-7-8;1-3(2)4(5)6;1-4(2)3;/h4-7H,1-2H3;4H,1-2H3;1-3H3;/q3*-1;. The molecule has 0 N–H and O–H groups in total. The summed E-state index contributed by atoms with van der Waals surface area (Å²) < 4.78 is 0. The molecule has 20 heavy (non-hydrogen) atoms. The van der Waals surface area contributed by atoms with Gasteiger partial charge in [-0.15, -0.1) is 35.3 Å². The van der Waals surface area contributed by atoms with Crippen LogP contribution in [0.2, 0.25) is 0 Å². The number of alkyl halides is 2. The van der Waals surface area contributed by atoms with Crippen LogP contribution in [0.5, 0.6) is 0 Å². The first-order chi connectivity index (χ1) is 8.68. The molecule has 1 aromatic rings. The molecule has 1 rings (SSSR count). The second-order valence-electron chi connectivity index (χ2n) is 5.03.